The van der Waals surface area contributed by atoms with Crippen LogP contribution < -0.4 is 10.1 Å². The van der Waals surface area contributed by atoms with Gasteiger partial charge >= 0.3 is 6.61 Å². The summed E-state index contributed by atoms with van der Waals surface area (Å²) in [6.07, 6.45) is 2.01. The molecule has 0 aliphatic carbocycles. The summed E-state index contributed by atoms with van der Waals surface area (Å²) in [4.78, 5) is 26.7. The molecule has 1 N–H and O–H groups in total. The van der Waals surface area contributed by atoms with Crippen molar-refractivity contribution in [3.8, 4) is 5.75 Å². The second kappa shape index (κ2) is 9.64. The van der Waals surface area contributed by atoms with E-state index >= 15 is 0 Å². The number of nitrogens with one attached hydrogen (secondary N) is 1. The lowest BCUT2D eigenvalue weighted by Crippen LogP contribution is -2.27. The number of halogens is 2. The first-order valence-electron chi connectivity index (χ1n) is 10.2. The predicted molar refractivity (Wildman–Crippen MR) is 113 cm³/mol. The van der Waals surface area contributed by atoms with Crippen molar-refractivity contribution in [2.45, 2.75) is 26.0 Å². The van der Waals surface area contributed by atoms with Crippen molar-refractivity contribution in [2.75, 3.05) is 11.9 Å². The Morgan fingerprint density at radius 3 is 2.69 bits per heavy atom. The van der Waals surface area contributed by atoms with Crippen molar-refractivity contribution in [3.05, 3.63) is 83.8 Å². The zero-order valence-corrected chi connectivity index (χ0v) is 17.2. The van der Waals surface area contributed by atoms with Gasteiger partial charge in [0.25, 0.3) is 0 Å². The molecule has 1 atom stereocenters. The highest BCUT2D eigenvalue weighted by atomic mass is 19.3. The van der Waals surface area contributed by atoms with Crippen LogP contribution in [-0.2, 0) is 22.6 Å². The molecule has 3 aromatic rings. The number of alkyl halides is 2. The number of benzene rings is 2. The number of carbonyl (C=O) groups is 2. The van der Waals surface area contributed by atoms with Crippen LogP contribution in [0.1, 0.15) is 23.3 Å². The van der Waals surface area contributed by atoms with Gasteiger partial charge in [0.2, 0.25) is 11.8 Å². The lowest BCUT2D eigenvalue weighted by Gasteiger charge is -2.16. The molecule has 1 aliphatic rings. The van der Waals surface area contributed by atoms with E-state index in [2.05, 4.69) is 10.1 Å². The molecule has 1 fully saturated rings. The molecule has 1 saturated heterocycles. The molecule has 8 heteroatoms. The first-order valence-corrected chi connectivity index (χ1v) is 10.2. The molecular weight excluding hydrogens is 418 g/mol. The Kier molecular flexibility index (Phi) is 6.49. The third-order valence-corrected chi connectivity index (χ3v) is 5.29. The van der Waals surface area contributed by atoms with Gasteiger partial charge in [0.1, 0.15) is 11.5 Å². The number of anilines is 1. The zero-order chi connectivity index (χ0) is 22.5. The van der Waals surface area contributed by atoms with Gasteiger partial charge in [-0.3, -0.25) is 9.59 Å². The molecule has 2 heterocycles. The van der Waals surface area contributed by atoms with Crippen LogP contribution in [0.3, 0.4) is 0 Å². The van der Waals surface area contributed by atoms with E-state index in [0.717, 1.165) is 5.56 Å². The maximum Gasteiger partial charge on any atom is 0.387 e. The van der Waals surface area contributed by atoms with Crippen molar-refractivity contribution in [3.63, 3.8) is 0 Å². The van der Waals surface area contributed by atoms with E-state index in [0.29, 0.717) is 30.0 Å². The Morgan fingerprint density at radius 2 is 1.97 bits per heavy atom. The van der Waals surface area contributed by atoms with Crippen LogP contribution in [0.25, 0.3) is 0 Å². The third-order valence-electron chi connectivity index (χ3n) is 5.29. The lowest BCUT2D eigenvalue weighted by molar-refractivity contribution is -0.128. The molecule has 2 amide bonds. The van der Waals surface area contributed by atoms with Gasteiger partial charge in [-0.1, -0.05) is 30.3 Å². The summed E-state index contributed by atoms with van der Waals surface area (Å²) < 4.78 is 35.6. The molecule has 0 radical (unpaired) electrons. The van der Waals surface area contributed by atoms with Crippen molar-refractivity contribution in [2.24, 2.45) is 5.92 Å². The van der Waals surface area contributed by atoms with Crippen molar-refractivity contribution in [1.82, 2.24) is 4.90 Å². The highest BCUT2D eigenvalue weighted by Gasteiger charge is 2.34. The van der Waals surface area contributed by atoms with Crippen LogP contribution in [0.5, 0.6) is 5.75 Å². The second-order valence-electron chi connectivity index (χ2n) is 7.61. The molecule has 0 saturated carbocycles. The van der Waals surface area contributed by atoms with Crippen LogP contribution >= 0.6 is 0 Å². The summed E-state index contributed by atoms with van der Waals surface area (Å²) in [5.74, 6) is -0.213. The standard InChI is InChI=1S/C24H22F2N2O4/c25-24(26)32-21-9-8-19(12-17(21)11-16-5-2-1-3-6-16)27-23(30)18-13-22(29)28(14-18)15-20-7-4-10-31-20/h1-10,12,18,24H,11,13-15H2,(H,27,30). The number of ether oxygens (including phenoxy) is 1. The fourth-order valence-electron chi connectivity index (χ4n) is 3.76. The van der Waals surface area contributed by atoms with E-state index < -0.39 is 12.5 Å². The number of amides is 2. The van der Waals surface area contributed by atoms with Crippen molar-refractivity contribution >= 4 is 17.5 Å². The fraction of sp³-hybridized carbons (Fsp3) is 0.250. The van der Waals surface area contributed by atoms with Crippen LogP contribution in [0.4, 0.5) is 14.5 Å². The summed E-state index contributed by atoms with van der Waals surface area (Å²) in [7, 11) is 0. The number of rotatable bonds is 8. The molecule has 0 spiro atoms. The number of carbonyl (C=O) groups excluding carboxylic acids is 2. The third kappa shape index (κ3) is 5.32. The van der Waals surface area contributed by atoms with Gasteiger partial charge in [-0.15, -0.1) is 0 Å². The highest BCUT2D eigenvalue weighted by Crippen LogP contribution is 2.28. The molecule has 4 rings (SSSR count). The fourth-order valence-corrected chi connectivity index (χ4v) is 3.76. The Balaban J connectivity index is 1.45. The number of hydrogen-bond donors (Lipinski definition) is 1. The smallest absolute Gasteiger partial charge is 0.387 e. The summed E-state index contributed by atoms with van der Waals surface area (Å²) in [6, 6.07) is 17.4. The number of furan rings is 1. The number of hydrogen-bond acceptors (Lipinski definition) is 4. The van der Waals surface area contributed by atoms with Crippen LogP contribution in [0.15, 0.2) is 71.3 Å². The Hall–Kier alpha value is -3.68. The second-order valence-corrected chi connectivity index (χ2v) is 7.61. The van der Waals surface area contributed by atoms with Crippen molar-refractivity contribution in [1.29, 1.82) is 0 Å². The minimum absolute atomic E-state index is 0.0579. The normalized spacial score (nSPS) is 15.9. The Morgan fingerprint density at radius 1 is 1.16 bits per heavy atom. The minimum Gasteiger partial charge on any atom is -0.467 e. The van der Waals surface area contributed by atoms with Gasteiger partial charge < -0.3 is 19.4 Å². The summed E-state index contributed by atoms with van der Waals surface area (Å²) in [5.41, 5.74) is 1.90. The first kappa shape index (κ1) is 21.5. The Bertz CT molecular complexity index is 1070. The van der Waals surface area contributed by atoms with Crippen LogP contribution in [0, 0.1) is 5.92 Å². The predicted octanol–water partition coefficient (Wildman–Crippen LogP) is 4.46. The molecule has 1 aromatic heterocycles. The average Bonchev–Trinajstić information content (AvgIpc) is 3.41. The van der Waals surface area contributed by atoms with Gasteiger partial charge in [-0.25, -0.2) is 0 Å². The molecule has 1 unspecified atom stereocenters. The van der Waals surface area contributed by atoms with Crippen LogP contribution in [0.2, 0.25) is 0 Å². The molecular formula is C24H22F2N2O4. The van der Waals surface area contributed by atoms with E-state index in [1.165, 1.54) is 18.4 Å². The van der Waals surface area contributed by atoms with E-state index in [1.54, 1.807) is 23.1 Å². The minimum atomic E-state index is -2.95. The lowest BCUT2D eigenvalue weighted by atomic mass is 10.0. The molecule has 1 aliphatic heterocycles. The quantitative estimate of drug-likeness (QED) is 0.562. The molecule has 6 nitrogen and oxygen atoms in total. The molecule has 2 aromatic carbocycles. The summed E-state index contributed by atoms with van der Waals surface area (Å²) in [6.45, 7) is -2.35. The molecule has 32 heavy (non-hydrogen) atoms. The van der Waals surface area contributed by atoms with Gasteiger partial charge in [0.15, 0.2) is 0 Å². The topological polar surface area (TPSA) is 71.8 Å². The average molecular weight is 440 g/mol. The monoisotopic (exact) mass is 440 g/mol. The summed E-state index contributed by atoms with van der Waals surface area (Å²) >= 11 is 0. The van der Waals surface area contributed by atoms with E-state index in [4.69, 9.17) is 4.42 Å². The number of likely N-dealkylation sites (tertiary alicyclic amines) is 1. The zero-order valence-electron chi connectivity index (χ0n) is 17.2. The van der Waals surface area contributed by atoms with Gasteiger partial charge in [0.05, 0.1) is 18.7 Å². The van der Waals surface area contributed by atoms with Gasteiger partial charge in [-0.05, 0) is 35.9 Å². The van der Waals surface area contributed by atoms with Gasteiger partial charge in [0, 0.05) is 30.6 Å². The largest absolute Gasteiger partial charge is 0.467 e. The summed E-state index contributed by atoms with van der Waals surface area (Å²) in [5, 5.41) is 2.81. The van der Waals surface area contributed by atoms with Crippen molar-refractivity contribution < 1.29 is 27.5 Å². The Labute approximate surface area is 183 Å². The van der Waals surface area contributed by atoms with Crippen LogP contribution in [-0.4, -0.2) is 29.9 Å². The maximum absolute atomic E-state index is 12.8. The highest BCUT2D eigenvalue weighted by molar-refractivity contribution is 5.97. The molecule has 166 valence electrons. The first-order chi connectivity index (χ1) is 15.5. The maximum atomic E-state index is 12.8. The SMILES string of the molecule is O=C(Nc1ccc(OC(F)F)c(Cc2ccccc2)c1)C1CC(=O)N(Cc2ccco2)C1. The molecule has 0 bridgehead atoms. The van der Waals surface area contributed by atoms with Gasteiger partial charge in [-0.2, -0.15) is 8.78 Å². The number of nitrogens with zero attached hydrogens (tertiary/aromatic N) is 1. The van der Waals surface area contributed by atoms with E-state index in [1.807, 2.05) is 30.3 Å². The van der Waals surface area contributed by atoms with E-state index in [9.17, 15) is 18.4 Å². The van der Waals surface area contributed by atoms with E-state index in [-0.39, 0.29) is 30.5 Å².